The first-order chi connectivity index (χ1) is 13.5. The molecule has 0 heterocycles. The van der Waals surface area contributed by atoms with Crippen molar-refractivity contribution in [1.82, 2.24) is 0 Å². The van der Waals surface area contributed by atoms with Crippen LogP contribution in [0.1, 0.15) is 78.1 Å². The van der Waals surface area contributed by atoms with Gasteiger partial charge in [-0.25, -0.2) is 0 Å². The largest absolute Gasteiger partial charge is 0.393 e. The summed E-state index contributed by atoms with van der Waals surface area (Å²) in [6.07, 6.45) is 15.7. The molecule has 1 rings (SSSR count). The van der Waals surface area contributed by atoms with Gasteiger partial charge in [0.2, 0.25) is 5.91 Å². The molecule has 1 fully saturated rings. The predicted molar refractivity (Wildman–Crippen MR) is 114 cm³/mol. The fourth-order valence-electron chi connectivity index (χ4n) is 3.85. The van der Waals surface area contributed by atoms with Crippen molar-refractivity contribution < 1.29 is 19.7 Å². The summed E-state index contributed by atoms with van der Waals surface area (Å²) < 4.78 is 6.00. The van der Waals surface area contributed by atoms with Gasteiger partial charge in [-0.3, -0.25) is 4.79 Å². The number of carbonyl (C=O) groups is 1. The molecule has 0 aliphatic heterocycles. The number of allylic oxidation sites excluding steroid dienone is 2. The van der Waals surface area contributed by atoms with Gasteiger partial charge in [-0.05, 0) is 38.0 Å². The molecule has 0 spiro atoms. The maximum Gasteiger partial charge on any atom is 0.217 e. The summed E-state index contributed by atoms with van der Waals surface area (Å²) in [5.74, 6) is -0.0655. The molecule has 1 aliphatic rings. The van der Waals surface area contributed by atoms with E-state index in [0.29, 0.717) is 19.4 Å². The van der Waals surface area contributed by atoms with Crippen molar-refractivity contribution in [3.63, 3.8) is 0 Å². The second-order valence-electron chi connectivity index (χ2n) is 7.97. The SMILES string of the molecule is CCCCCC(O)C=CC1C(OCCC)CC(O)C1CC=CCCCC(N)=O. The van der Waals surface area contributed by atoms with Crippen molar-refractivity contribution in [2.24, 2.45) is 17.6 Å². The zero-order chi connectivity index (χ0) is 20.8. The topological polar surface area (TPSA) is 92.8 Å². The number of aliphatic hydroxyl groups is 2. The van der Waals surface area contributed by atoms with Crippen molar-refractivity contribution in [2.45, 2.75) is 96.4 Å². The summed E-state index contributed by atoms with van der Waals surface area (Å²) in [7, 11) is 0. The molecular weight excluding hydrogens is 354 g/mol. The lowest BCUT2D eigenvalue weighted by molar-refractivity contribution is -0.118. The molecule has 4 N–H and O–H groups in total. The van der Waals surface area contributed by atoms with Crippen molar-refractivity contribution in [2.75, 3.05) is 6.61 Å². The van der Waals surface area contributed by atoms with E-state index < -0.39 is 12.2 Å². The van der Waals surface area contributed by atoms with Crippen molar-refractivity contribution in [3.8, 4) is 0 Å². The molecular formula is C23H41NO4. The molecule has 1 aliphatic carbocycles. The zero-order valence-corrected chi connectivity index (χ0v) is 17.8. The highest BCUT2D eigenvalue weighted by Gasteiger charge is 2.40. The van der Waals surface area contributed by atoms with E-state index in [4.69, 9.17) is 10.5 Å². The Morgan fingerprint density at radius 1 is 1.21 bits per heavy atom. The minimum Gasteiger partial charge on any atom is -0.393 e. The number of aliphatic hydroxyl groups excluding tert-OH is 2. The highest BCUT2D eigenvalue weighted by molar-refractivity contribution is 5.73. The minimum absolute atomic E-state index is 0.00213. The quantitative estimate of drug-likeness (QED) is 0.290. The van der Waals surface area contributed by atoms with Gasteiger partial charge in [-0.15, -0.1) is 0 Å². The standard InChI is InChI=1S/C23H41NO4/c1-3-5-8-11-18(25)14-15-20-19(12-9-6-7-10-13-23(24)27)21(26)17-22(20)28-16-4-2/h6,9,14-15,18-22,25-26H,3-5,7-8,10-13,16-17H2,1-2H3,(H2,24,27). The highest BCUT2D eigenvalue weighted by atomic mass is 16.5. The number of hydrogen-bond donors (Lipinski definition) is 3. The van der Waals surface area contributed by atoms with Gasteiger partial charge >= 0.3 is 0 Å². The second kappa shape index (κ2) is 14.8. The molecule has 1 amide bonds. The monoisotopic (exact) mass is 395 g/mol. The van der Waals surface area contributed by atoms with E-state index >= 15 is 0 Å². The third-order valence-electron chi connectivity index (χ3n) is 5.46. The average Bonchev–Trinajstić information content (AvgIpc) is 2.95. The molecule has 5 heteroatoms. The van der Waals surface area contributed by atoms with Crippen LogP contribution in [0.5, 0.6) is 0 Å². The first kappa shape index (κ1) is 24.9. The van der Waals surface area contributed by atoms with Crippen LogP contribution in [0.2, 0.25) is 0 Å². The van der Waals surface area contributed by atoms with Gasteiger partial charge in [-0.1, -0.05) is 57.4 Å². The normalized spacial score (nSPS) is 26.4. The van der Waals surface area contributed by atoms with Gasteiger partial charge in [0.25, 0.3) is 0 Å². The van der Waals surface area contributed by atoms with E-state index in [1.165, 1.54) is 0 Å². The molecule has 0 bridgehead atoms. The smallest absolute Gasteiger partial charge is 0.217 e. The summed E-state index contributed by atoms with van der Waals surface area (Å²) in [5, 5.41) is 20.8. The number of ether oxygens (including phenoxy) is 1. The van der Waals surface area contributed by atoms with Crippen molar-refractivity contribution in [3.05, 3.63) is 24.3 Å². The number of hydrogen-bond acceptors (Lipinski definition) is 4. The van der Waals surface area contributed by atoms with Gasteiger partial charge in [-0.2, -0.15) is 0 Å². The maximum atomic E-state index is 10.8. The van der Waals surface area contributed by atoms with Crippen molar-refractivity contribution in [1.29, 1.82) is 0 Å². The number of unbranched alkanes of at least 4 members (excludes halogenated alkanes) is 3. The van der Waals surface area contributed by atoms with Gasteiger partial charge in [0.15, 0.2) is 0 Å². The number of amides is 1. The van der Waals surface area contributed by atoms with Crippen molar-refractivity contribution >= 4 is 5.91 Å². The van der Waals surface area contributed by atoms with Crippen LogP contribution in [-0.2, 0) is 9.53 Å². The molecule has 5 nitrogen and oxygen atoms in total. The summed E-state index contributed by atoms with van der Waals surface area (Å²) in [4.78, 5) is 10.8. The Morgan fingerprint density at radius 3 is 2.68 bits per heavy atom. The lowest BCUT2D eigenvalue weighted by atomic mass is 9.89. The number of carbonyl (C=O) groups excluding carboxylic acids is 1. The molecule has 1 saturated carbocycles. The van der Waals surface area contributed by atoms with E-state index in [2.05, 4.69) is 32.1 Å². The van der Waals surface area contributed by atoms with Gasteiger partial charge < -0.3 is 20.7 Å². The number of primary amides is 1. The first-order valence-electron chi connectivity index (χ1n) is 11.1. The van der Waals surface area contributed by atoms with Gasteiger partial charge in [0.05, 0.1) is 18.3 Å². The van der Waals surface area contributed by atoms with Crippen LogP contribution in [0.15, 0.2) is 24.3 Å². The minimum atomic E-state index is -0.430. The lowest BCUT2D eigenvalue weighted by Gasteiger charge is -2.22. The highest BCUT2D eigenvalue weighted by Crippen LogP contribution is 2.38. The van der Waals surface area contributed by atoms with Crippen LogP contribution >= 0.6 is 0 Å². The Hall–Kier alpha value is -1.17. The summed E-state index contributed by atoms with van der Waals surface area (Å²) in [6, 6.07) is 0. The van der Waals surface area contributed by atoms with Crippen LogP contribution < -0.4 is 5.73 Å². The van der Waals surface area contributed by atoms with E-state index in [0.717, 1.165) is 51.4 Å². The summed E-state index contributed by atoms with van der Waals surface area (Å²) >= 11 is 0. The second-order valence-corrected chi connectivity index (χ2v) is 7.97. The third-order valence-corrected chi connectivity index (χ3v) is 5.46. The zero-order valence-electron chi connectivity index (χ0n) is 17.8. The molecule has 28 heavy (non-hydrogen) atoms. The van der Waals surface area contributed by atoms with E-state index in [1.807, 2.05) is 6.08 Å². The number of rotatable bonds is 15. The average molecular weight is 396 g/mol. The molecule has 0 aromatic heterocycles. The number of nitrogens with two attached hydrogens (primary N) is 1. The molecule has 0 aromatic rings. The summed E-state index contributed by atoms with van der Waals surface area (Å²) in [5.41, 5.74) is 5.16. The van der Waals surface area contributed by atoms with Crippen LogP contribution in [0, 0.1) is 11.8 Å². The molecule has 5 atom stereocenters. The van der Waals surface area contributed by atoms with Gasteiger partial charge in [0, 0.05) is 25.4 Å². The Morgan fingerprint density at radius 2 is 2.00 bits per heavy atom. The molecule has 0 saturated heterocycles. The first-order valence-corrected chi connectivity index (χ1v) is 11.1. The molecule has 0 radical (unpaired) electrons. The fraction of sp³-hybridized carbons (Fsp3) is 0.783. The van der Waals surface area contributed by atoms with Crippen LogP contribution in [-0.4, -0.2) is 41.0 Å². The fourth-order valence-corrected chi connectivity index (χ4v) is 3.85. The lowest BCUT2D eigenvalue weighted by Crippen LogP contribution is -2.22. The van der Waals surface area contributed by atoms with Crippen LogP contribution in [0.3, 0.4) is 0 Å². The molecule has 5 unspecified atom stereocenters. The van der Waals surface area contributed by atoms with E-state index in [1.54, 1.807) is 0 Å². The van der Waals surface area contributed by atoms with Gasteiger partial charge in [0.1, 0.15) is 0 Å². The molecule has 162 valence electrons. The third kappa shape index (κ3) is 9.85. The van der Waals surface area contributed by atoms with E-state index in [-0.39, 0.29) is 23.8 Å². The Kier molecular flexibility index (Phi) is 13.1. The van der Waals surface area contributed by atoms with Crippen LogP contribution in [0.25, 0.3) is 0 Å². The van der Waals surface area contributed by atoms with Crippen LogP contribution in [0.4, 0.5) is 0 Å². The Balaban J connectivity index is 2.63. The van der Waals surface area contributed by atoms with E-state index in [9.17, 15) is 15.0 Å². The molecule has 0 aromatic carbocycles. The predicted octanol–water partition coefficient (Wildman–Crippen LogP) is 3.88. The Bertz CT molecular complexity index is 477. The maximum absolute atomic E-state index is 10.8. The summed E-state index contributed by atoms with van der Waals surface area (Å²) in [6.45, 7) is 4.93. The Labute approximate surface area is 171 Å².